The van der Waals surface area contributed by atoms with E-state index in [-0.39, 0.29) is 16.1 Å². The van der Waals surface area contributed by atoms with E-state index in [0.29, 0.717) is 0 Å². The summed E-state index contributed by atoms with van der Waals surface area (Å²) < 4.78 is 67.1. The van der Waals surface area contributed by atoms with Gasteiger partial charge in [0, 0.05) is 0 Å². The van der Waals surface area contributed by atoms with E-state index in [1.165, 1.54) is 48.5 Å². The zero-order valence-electron chi connectivity index (χ0n) is 15.7. The molecule has 0 radical (unpaired) electrons. The van der Waals surface area contributed by atoms with Crippen molar-refractivity contribution in [2.24, 2.45) is 0 Å². The van der Waals surface area contributed by atoms with Crippen molar-refractivity contribution in [3.05, 3.63) is 89.5 Å². The molecule has 30 heavy (non-hydrogen) atoms. The number of hydrogen-bond acceptors (Lipinski definition) is 3. The molecule has 0 unspecified atom stereocenters. The number of para-hydroxylation sites is 2. The Balaban J connectivity index is 1.91. The number of halogens is 3. The maximum Gasteiger partial charge on any atom is 0.418 e. The number of benzene rings is 3. The third-order valence-electron chi connectivity index (χ3n) is 4.23. The smallest absolute Gasteiger partial charge is 0.321 e. The van der Waals surface area contributed by atoms with Gasteiger partial charge in [0.1, 0.15) is 0 Å². The van der Waals surface area contributed by atoms with Gasteiger partial charge in [0.2, 0.25) is 0 Å². The number of sulfonamides is 1. The minimum atomic E-state index is -4.66. The van der Waals surface area contributed by atoms with Crippen molar-refractivity contribution in [2.45, 2.75) is 18.0 Å². The maximum absolute atomic E-state index is 13.2. The summed E-state index contributed by atoms with van der Waals surface area (Å²) in [7, 11) is -4.00. The minimum Gasteiger partial charge on any atom is -0.321 e. The number of hydrogen-bond donors (Lipinski definition) is 2. The van der Waals surface area contributed by atoms with Gasteiger partial charge in [-0.1, -0.05) is 42.0 Å². The highest BCUT2D eigenvalue weighted by molar-refractivity contribution is 7.92. The van der Waals surface area contributed by atoms with Crippen LogP contribution in [0.4, 0.5) is 24.5 Å². The zero-order chi connectivity index (χ0) is 21.9. The lowest BCUT2D eigenvalue weighted by Gasteiger charge is -2.15. The fourth-order valence-corrected chi connectivity index (χ4v) is 3.80. The van der Waals surface area contributed by atoms with Crippen LogP contribution < -0.4 is 10.0 Å². The van der Waals surface area contributed by atoms with Crippen molar-refractivity contribution in [3.8, 4) is 0 Å². The number of amides is 1. The molecule has 156 valence electrons. The Morgan fingerprint density at radius 1 is 0.833 bits per heavy atom. The first kappa shape index (κ1) is 21.4. The summed E-state index contributed by atoms with van der Waals surface area (Å²) >= 11 is 0. The monoisotopic (exact) mass is 434 g/mol. The molecule has 2 N–H and O–H groups in total. The average Bonchev–Trinajstić information content (AvgIpc) is 2.68. The normalized spacial score (nSPS) is 11.7. The maximum atomic E-state index is 13.2. The van der Waals surface area contributed by atoms with Crippen LogP contribution in [0.1, 0.15) is 21.5 Å². The van der Waals surface area contributed by atoms with Gasteiger partial charge in [-0.15, -0.1) is 0 Å². The Hall–Kier alpha value is -3.33. The molecule has 0 aliphatic heterocycles. The highest BCUT2D eigenvalue weighted by atomic mass is 32.2. The lowest BCUT2D eigenvalue weighted by Crippen LogP contribution is -2.20. The average molecular weight is 434 g/mol. The Morgan fingerprint density at radius 2 is 1.40 bits per heavy atom. The first-order valence-corrected chi connectivity index (χ1v) is 10.2. The summed E-state index contributed by atoms with van der Waals surface area (Å²) in [5, 5.41) is 2.21. The molecular weight excluding hydrogens is 417 g/mol. The van der Waals surface area contributed by atoms with Crippen LogP contribution in [0, 0.1) is 6.92 Å². The van der Waals surface area contributed by atoms with E-state index in [0.717, 1.165) is 17.7 Å². The molecule has 0 heterocycles. The first-order valence-electron chi connectivity index (χ1n) is 8.74. The number of alkyl halides is 3. The van der Waals surface area contributed by atoms with Gasteiger partial charge in [0.05, 0.1) is 27.4 Å². The van der Waals surface area contributed by atoms with E-state index in [4.69, 9.17) is 0 Å². The molecule has 0 aliphatic rings. The van der Waals surface area contributed by atoms with Crippen LogP contribution in [0.25, 0.3) is 0 Å². The van der Waals surface area contributed by atoms with Gasteiger partial charge < -0.3 is 5.32 Å². The molecule has 3 aromatic rings. The minimum absolute atomic E-state index is 0.00858. The van der Waals surface area contributed by atoms with Crippen molar-refractivity contribution in [1.82, 2.24) is 0 Å². The van der Waals surface area contributed by atoms with Crippen molar-refractivity contribution in [3.63, 3.8) is 0 Å². The number of aryl methyl sites for hydroxylation is 1. The van der Waals surface area contributed by atoms with Crippen molar-refractivity contribution in [1.29, 1.82) is 0 Å². The molecule has 0 saturated carbocycles. The highest BCUT2D eigenvalue weighted by Crippen LogP contribution is 2.35. The van der Waals surface area contributed by atoms with Crippen molar-refractivity contribution < 1.29 is 26.4 Å². The summed E-state index contributed by atoms with van der Waals surface area (Å²) in [4.78, 5) is 12.7. The third-order valence-corrected chi connectivity index (χ3v) is 5.61. The third kappa shape index (κ3) is 4.80. The quantitative estimate of drug-likeness (QED) is 0.589. The number of carbonyl (C=O) groups is 1. The molecule has 3 rings (SSSR count). The first-order chi connectivity index (χ1) is 14.1. The summed E-state index contributed by atoms with van der Waals surface area (Å²) in [6.07, 6.45) is -4.66. The number of anilines is 2. The molecule has 3 aromatic carbocycles. The van der Waals surface area contributed by atoms with Crippen LogP contribution in [-0.4, -0.2) is 14.3 Å². The van der Waals surface area contributed by atoms with Gasteiger partial charge in [0.25, 0.3) is 15.9 Å². The molecule has 1 amide bonds. The number of nitrogens with one attached hydrogen (secondary N) is 2. The predicted molar refractivity (Wildman–Crippen MR) is 108 cm³/mol. The summed E-state index contributed by atoms with van der Waals surface area (Å²) in [6, 6.07) is 16.3. The van der Waals surface area contributed by atoms with Gasteiger partial charge in [-0.25, -0.2) is 8.42 Å². The molecule has 9 heteroatoms. The second kappa shape index (κ2) is 8.19. The predicted octanol–water partition coefficient (Wildman–Crippen LogP) is 5.07. The Bertz CT molecular complexity index is 1170. The Kier molecular flexibility index (Phi) is 5.84. The van der Waals surface area contributed by atoms with Gasteiger partial charge in [-0.2, -0.15) is 13.2 Å². The molecule has 0 saturated heterocycles. The molecule has 0 atom stereocenters. The molecule has 0 aromatic heterocycles. The van der Waals surface area contributed by atoms with Crippen LogP contribution in [-0.2, 0) is 16.2 Å². The topological polar surface area (TPSA) is 75.3 Å². The van der Waals surface area contributed by atoms with Crippen molar-refractivity contribution >= 4 is 27.3 Å². The Labute approximate surface area is 171 Å². The van der Waals surface area contributed by atoms with Crippen LogP contribution >= 0.6 is 0 Å². The molecule has 0 bridgehead atoms. The second-order valence-corrected chi connectivity index (χ2v) is 8.14. The van der Waals surface area contributed by atoms with Crippen molar-refractivity contribution in [2.75, 3.05) is 10.0 Å². The highest BCUT2D eigenvalue weighted by Gasteiger charge is 2.33. The summed E-state index contributed by atoms with van der Waals surface area (Å²) in [5.74, 6) is -0.881. The van der Waals surface area contributed by atoms with Gasteiger partial charge in [0.15, 0.2) is 0 Å². The van der Waals surface area contributed by atoms with E-state index in [9.17, 15) is 26.4 Å². The SMILES string of the molecule is Cc1ccc(S(=O)(=O)Nc2ccccc2C(=O)Nc2ccccc2C(F)(F)F)cc1. The van der Waals surface area contributed by atoms with E-state index >= 15 is 0 Å². The fourth-order valence-electron chi connectivity index (χ4n) is 2.72. The molecular formula is C21H17F3N2O3S. The molecule has 0 fully saturated rings. The largest absolute Gasteiger partial charge is 0.418 e. The van der Waals surface area contributed by atoms with Crippen LogP contribution in [0.3, 0.4) is 0 Å². The molecule has 5 nitrogen and oxygen atoms in total. The van der Waals surface area contributed by atoms with E-state index in [1.807, 2.05) is 6.92 Å². The Morgan fingerprint density at radius 3 is 2.03 bits per heavy atom. The fraction of sp³-hybridized carbons (Fsp3) is 0.0952. The van der Waals surface area contributed by atoms with Crippen LogP contribution in [0.2, 0.25) is 0 Å². The summed E-state index contributed by atoms with van der Waals surface area (Å²) in [5.41, 5.74) is -0.732. The number of carbonyl (C=O) groups excluding carboxylic acids is 1. The van der Waals surface area contributed by atoms with Gasteiger partial charge in [-0.3, -0.25) is 9.52 Å². The molecule has 0 spiro atoms. The van der Waals surface area contributed by atoms with E-state index in [2.05, 4.69) is 10.0 Å². The standard InChI is InChI=1S/C21H17F3N2O3S/c1-14-10-12-15(13-11-14)30(28,29)26-18-8-4-2-6-16(18)20(27)25-19-9-5-3-7-17(19)21(22,23)24/h2-13,26H,1H3,(H,25,27). The zero-order valence-corrected chi connectivity index (χ0v) is 16.5. The van der Waals surface area contributed by atoms with Gasteiger partial charge in [-0.05, 0) is 43.3 Å². The summed E-state index contributed by atoms with van der Waals surface area (Å²) in [6.45, 7) is 1.81. The van der Waals surface area contributed by atoms with Gasteiger partial charge >= 0.3 is 6.18 Å². The second-order valence-electron chi connectivity index (χ2n) is 6.46. The lowest BCUT2D eigenvalue weighted by atomic mass is 10.1. The van der Waals surface area contributed by atoms with Crippen LogP contribution in [0.15, 0.2) is 77.7 Å². The van der Waals surface area contributed by atoms with E-state index in [1.54, 1.807) is 12.1 Å². The van der Waals surface area contributed by atoms with E-state index < -0.39 is 33.4 Å². The molecule has 0 aliphatic carbocycles. The lowest BCUT2D eigenvalue weighted by molar-refractivity contribution is -0.136. The van der Waals surface area contributed by atoms with Crippen LogP contribution in [0.5, 0.6) is 0 Å². The number of rotatable bonds is 5.